The summed E-state index contributed by atoms with van der Waals surface area (Å²) in [4.78, 5) is 16.5. The minimum absolute atomic E-state index is 0.151. The minimum Gasteiger partial charge on any atom is -0.462 e. The van der Waals surface area contributed by atoms with E-state index in [2.05, 4.69) is 10.3 Å². The Morgan fingerprint density at radius 1 is 1.41 bits per heavy atom. The minimum atomic E-state index is -0.151. The highest BCUT2D eigenvalue weighted by Crippen LogP contribution is 2.25. The van der Waals surface area contributed by atoms with Gasteiger partial charge in [-0.25, -0.2) is 4.98 Å². The third-order valence-corrected chi connectivity index (χ3v) is 4.24. The van der Waals surface area contributed by atoms with Crippen LogP contribution >= 0.6 is 22.9 Å². The molecule has 6 heteroatoms. The van der Waals surface area contributed by atoms with Gasteiger partial charge in [0.25, 0.3) is 0 Å². The number of halogens is 1. The summed E-state index contributed by atoms with van der Waals surface area (Å²) in [6.07, 6.45) is 1.80. The van der Waals surface area contributed by atoms with Gasteiger partial charge in [0.05, 0.1) is 29.1 Å². The Morgan fingerprint density at radius 3 is 3.00 bits per heavy atom. The number of carbonyl (C=O) groups excluding carboxylic acids is 1. The Balaban J connectivity index is 1.67. The number of amides is 1. The molecule has 1 aromatic carbocycles. The molecule has 0 fully saturated rings. The molecule has 2 heterocycles. The standard InChI is InChI=1S/C16H13ClN2O2S/c1-10-4-5-13(12(17)7-10)19-15(20)8-11-9-22-16(18-11)14-3-2-6-21-14/h2-7,9H,8H2,1H3,(H,19,20). The molecular weight excluding hydrogens is 320 g/mol. The van der Waals surface area contributed by atoms with Crippen LogP contribution in [-0.2, 0) is 11.2 Å². The van der Waals surface area contributed by atoms with Crippen molar-refractivity contribution in [3.05, 3.63) is 58.3 Å². The van der Waals surface area contributed by atoms with Gasteiger partial charge in [0, 0.05) is 5.38 Å². The molecule has 0 aliphatic carbocycles. The van der Waals surface area contributed by atoms with Gasteiger partial charge in [-0.05, 0) is 36.8 Å². The Labute approximate surface area is 136 Å². The highest BCUT2D eigenvalue weighted by Gasteiger charge is 2.11. The van der Waals surface area contributed by atoms with Gasteiger partial charge < -0.3 is 9.73 Å². The molecule has 22 heavy (non-hydrogen) atoms. The van der Waals surface area contributed by atoms with Crippen molar-refractivity contribution in [1.29, 1.82) is 0 Å². The molecule has 0 saturated carbocycles. The van der Waals surface area contributed by atoms with E-state index in [-0.39, 0.29) is 12.3 Å². The number of hydrogen-bond donors (Lipinski definition) is 1. The summed E-state index contributed by atoms with van der Waals surface area (Å²) in [5, 5.41) is 5.95. The van der Waals surface area contributed by atoms with Gasteiger partial charge in [0.1, 0.15) is 0 Å². The number of anilines is 1. The topological polar surface area (TPSA) is 55.1 Å². The number of carbonyl (C=O) groups is 1. The second-order valence-electron chi connectivity index (χ2n) is 4.83. The zero-order valence-electron chi connectivity index (χ0n) is 11.8. The summed E-state index contributed by atoms with van der Waals surface area (Å²) in [6, 6.07) is 9.16. The fourth-order valence-corrected chi connectivity index (χ4v) is 3.05. The molecule has 0 aliphatic rings. The molecule has 0 unspecified atom stereocenters. The fraction of sp³-hybridized carbons (Fsp3) is 0.125. The number of hydrogen-bond acceptors (Lipinski definition) is 4. The van der Waals surface area contributed by atoms with Gasteiger partial charge in [0.2, 0.25) is 5.91 Å². The number of aryl methyl sites for hydroxylation is 1. The van der Waals surface area contributed by atoms with Crippen molar-refractivity contribution < 1.29 is 9.21 Å². The van der Waals surface area contributed by atoms with Crippen LogP contribution in [0, 0.1) is 6.92 Å². The van der Waals surface area contributed by atoms with Gasteiger partial charge in [-0.15, -0.1) is 11.3 Å². The van der Waals surface area contributed by atoms with Crippen molar-refractivity contribution in [2.24, 2.45) is 0 Å². The van der Waals surface area contributed by atoms with Crippen molar-refractivity contribution >= 4 is 34.5 Å². The zero-order valence-corrected chi connectivity index (χ0v) is 13.4. The monoisotopic (exact) mass is 332 g/mol. The Bertz CT molecular complexity index is 796. The van der Waals surface area contributed by atoms with Crippen LogP contribution in [0.4, 0.5) is 5.69 Å². The van der Waals surface area contributed by atoms with Gasteiger partial charge >= 0.3 is 0 Å². The van der Waals surface area contributed by atoms with Crippen LogP contribution in [0.1, 0.15) is 11.3 Å². The lowest BCUT2D eigenvalue weighted by atomic mass is 10.2. The quantitative estimate of drug-likeness (QED) is 0.762. The maximum Gasteiger partial charge on any atom is 0.230 e. The normalized spacial score (nSPS) is 10.6. The van der Waals surface area contributed by atoms with E-state index in [1.54, 1.807) is 12.3 Å². The highest BCUT2D eigenvalue weighted by atomic mass is 35.5. The number of benzene rings is 1. The number of thiazole rings is 1. The molecule has 0 spiro atoms. The third-order valence-electron chi connectivity index (χ3n) is 3.02. The van der Waals surface area contributed by atoms with E-state index < -0.39 is 0 Å². The fourth-order valence-electron chi connectivity index (χ4n) is 1.98. The predicted molar refractivity (Wildman–Crippen MR) is 88.3 cm³/mol. The van der Waals surface area contributed by atoms with Gasteiger partial charge in [0.15, 0.2) is 10.8 Å². The average molecular weight is 333 g/mol. The summed E-state index contributed by atoms with van der Waals surface area (Å²) >= 11 is 7.56. The first-order valence-corrected chi connectivity index (χ1v) is 7.92. The van der Waals surface area contributed by atoms with Crippen molar-refractivity contribution in [2.45, 2.75) is 13.3 Å². The Kier molecular flexibility index (Phi) is 4.27. The third kappa shape index (κ3) is 3.37. The highest BCUT2D eigenvalue weighted by molar-refractivity contribution is 7.13. The van der Waals surface area contributed by atoms with Gasteiger partial charge in [-0.2, -0.15) is 0 Å². The molecule has 1 N–H and O–H groups in total. The van der Waals surface area contributed by atoms with E-state index in [1.807, 2.05) is 36.6 Å². The molecule has 3 rings (SSSR count). The first-order chi connectivity index (χ1) is 10.6. The molecule has 0 atom stereocenters. The van der Waals surface area contributed by atoms with Crippen LogP contribution in [0.5, 0.6) is 0 Å². The van der Waals surface area contributed by atoms with Crippen LogP contribution < -0.4 is 5.32 Å². The van der Waals surface area contributed by atoms with E-state index in [4.69, 9.17) is 16.0 Å². The maximum absolute atomic E-state index is 12.1. The summed E-state index contributed by atoms with van der Waals surface area (Å²) in [5.41, 5.74) is 2.36. The summed E-state index contributed by atoms with van der Waals surface area (Å²) in [7, 11) is 0. The van der Waals surface area contributed by atoms with E-state index in [0.29, 0.717) is 22.2 Å². The lowest BCUT2D eigenvalue weighted by Gasteiger charge is -2.07. The first-order valence-electron chi connectivity index (χ1n) is 6.66. The summed E-state index contributed by atoms with van der Waals surface area (Å²) in [6.45, 7) is 1.95. The summed E-state index contributed by atoms with van der Waals surface area (Å²) < 4.78 is 5.29. The molecule has 4 nitrogen and oxygen atoms in total. The van der Waals surface area contributed by atoms with Gasteiger partial charge in [-0.3, -0.25) is 4.79 Å². The molecule has 0 bridgehead atoms. The molecule has 3 aromatic rings. The van der Waals surface area contributed by atoms with E-state index in [1.165, 1.54) is 11.3 Å². The molecule has 0 radical (unpaired) electrons. The van der Waals surface area contributed by atoms with Crippen LogP contribution in [0.15, 0.2) is 46.4 Å². The largest absolute Gasteiger partial charge is 0.462 e. The SMILES string of the molecule is Cc1ccc(NC(=O)Cc2csc(-c3ccco3)n2)c(Cl)c1. The lowest BCUT2D eigenvalue weighted by Crippen LogP contribution is -2.14. The zero-order chi connectivity index (χ0) is 15.5. The van der Waals surface area contributed by atoms with E-state index >= 15 is 0 Å². The average Bonchev–Trinajstić information content (AvgIpc) is 3.12. The van der Waals surface area contributed by atoms with E-state index in [0.717, 1.165) is 10.6 Å². The number of rotatable bonds is 4. The van der Waals surface area contributed by atoms with Crippen molar-refractivity contribution in [2.75, 3.05) is 5.32 Å². The number of aromatic nitrogens is 1. The van der Waals surface area contributed by atoms with Crippen LogP contribution in [-0.4, -0.2) is 10.9 Å². The maximum atomic E-state index is 12.1. The van der Waals surface area contributed by atoms with Crippen LogP contribution in [0.3, 0.4) is 0 Å². The smallest absolute Gasteiger partial charge is 0.230 e. The molecular formula is C16H13ClN2O2S. The number of nitrogens with zero attached hydrogens (tertiary/aromatic N) is 1. The molecule has 112 valence electrons. The predicted octanol–water partition coefficient (Wildman–Crippen LogP) is 4.55. The number of furan rings is 1. The van der Waals surface area contributed by atoms with Crippen molar-refractivity contribution in [3.63, 3.8) is 0 Å². The lowest BCUT2D eigenvalue weighted by molar-refractivity contribution is -0.115. The Morgan fingerprint density at radius 2 is 2.27 bits per heavy atom. The summed E-state index contributed by atoms with van der Waals surface area (Å²) in [5.74, 6) is 0.556. The van der Waals surface area contributed by atoms with E-state index in [9.17, 15) is 4.79 Å². The molecule has 0 saturated heterocycles. The molecule has 0 aliphatic heterocycles. The van der Waals surface area contributed by atoms with Crippen molar-refractivity contribution in [1.82, 2.24) is 4.98 Å². The van der Waals surface area contributed by atoms with Crippen LogP contribution in [0.25, 0.3) is 10.8 Å². The number of nitrogens with one attached hydrogen (secondary N) is 1. The second-order valence-corrected chi connectivity index (χ2v) is 6.09. The Hall–Kier alpha value is -2.11. The van der Waals surface area contributed by atoms with Gasteiger partial charge in [-0.1, -0.05) is 17.7 Å². The van der Waals surface area contributed by atoms with Crippen molar-refractivity contribution in [3.8, 4) is 10.8 Å². The molecule has 1 amide bonds. The first kappa shape index (κ1) is 14.8. The van der Waals surface area contributed by atoms with Crippen LogP contribution in [0.2, 0.25) is 5.02 Å². The second kappa shape index (κ2) is 6.34. The molecule has 2 aromatic heterocycles.